The Morgan fingerprint density at radius 3 is 2.63 bits per heavy atom. The molecule has 1 aromatic rings. The fourth-order valence-corrected chi connectivity index (χ4v) is 3.51. The molecule has 0 aromatic heterocycles. The highest BCUT2D eigenvalue weighted by Crippen LogP contribution is 2.45. The molecular formula is C14H21NO3S. The zero-order valence-corrected chi connectivity index (χ0v) is 12.4. The minimum absolute atomic E-state index is 0.0113. The Kier molecular flexibility index (Phi) is 3.73. The summed E-state index contributed by atoms with van der Waals surface area (Å²) in [6.07, 6.45) is 0.809. The minimum Gasteiger partial charge on any atom is -0.388 e. The quantitative estimate of drug-likeness (QED) is 0.870. The lowest BCUT2D eigenvalue weighted by atomic mass is 10.1. The molecule has 2 N–H and O–H groups in total. The van der Waals surface area contributed by atoms with Crippen molar-refractivity contribution in [3.8, 4) is 0 Å². The van der Waals surface area contributed by atoms with E-state index < -0.39 is 16.1 Å². The van der Waals surface area contributed by atoms with Crippen LogP contribution in [0, 0.1) is 5.41 Å². The maximum absolute atomic E-state index is 12.2. The second-order valence-corrected chi connectivity index (χ2v) is 7.58. The summed E-state index contributed by atoms with van der Waals surface area (Å²) in [6, 6.07) is 6.53. The summed E-state index contributed by atoms with van der Waals surface area (Å²) < 4.78 is 27.2. The third-order valence-electron chi connectivity index (χ3n) is 3.75. The molecule has 2 rings (SSSR count). The molecular weight excluding hydrogens is 262 g/mol. The lowest BCUT2D eigenvalue weighted by molar-refractivity contribution is 0.173. The van der Waals surface area contributed by atoms with Crippen LogP contribution in [0.4, 0.5) is 0 Å². The zero-order chi connectivity index (χ0) is 14.3. The third-order valence-corrected chi connectivity index (χ3v) is 5.22. The molecule has 2 unspecified atom stereocenters. The second kappa shape index (κ2) is 4.89. The molecule has 0 spiro atoms. The van der Waals surface area contributed by atoms with Gasteiger partial charge in [0, 0.05) is 6.04 Å². The Morgan fingerprint density at radius 2 is 2.11 bits per heavy atom. The normalized spacial score (nSPS) is 23.1. The van der Waals surface area contributed by atoms with Crippen molar-refractivity contribution in [3.63, 3.8) is 0 Å². The van der Waals surface area contributed by atoms with E-state index in [1.807, 2.05) is 20.8 Å². The van der Waals surface area contributed by atoms with Gasteiger partial charge in [-0.2, -0.15) is 0 Å². The number of benzene rings is 1. The summed E-state index contributed by atoms with van der Waals surface area (Å²) in [4.78, 5) is 0.222. The van der Waals surface area contributed by atoms with Crippen molar-refractivity contribution < 1.29 is 13.5 Å². The Bertz CT molecular complexity index is 566. The highest BCUT2D eigenvalue weighted by Gasteiger charge is 2.47. The molecule has 1 saturated carbocycles. The van der Waals surface area contributed by atoms with Gasteiger partial charge in [0.1, 0.15) is 0 Å². The molecule has 2 atom stereocenters. The van der Waals surface area contributed by atoms with Crippen LogP contribution in [-0.2, 0) is 10.0 Å². The highest BCUT2D eigenvalue weighted by atomic mass is 32.2. The average Bonchev–Trinajstić information content (AvgIpc) is 2.94. The smallest absolute Gasteiger partial charge is 0.240 e. The molecule has 0 saturated heterocycles. The molecule has 1 aliphatic carbocycles. The van der Waals surface area contributed by atoms with Gasteiger partial charge in [0.05, 0.1) is 11.0 Å². The molecule has 1 fully saturated rings. The van der Waals surface area contributed by atoms with Crippen molar-refractivity contribution in [2.45, 2.75) is 50.7 Å². The molecule has 0 amide bonds. The van der Waals surface area contributed by atoms with E-state index in [9.17, 15) is 13.5 Å². The number of sulfonamides is 1. The predicted molar refractivity (Wildman–Crippen MR) is 74.2 cm³/mol. The molecule has 4 nitrogen and oxygen atoms in total. The van der Waals surface area contributed by atoms with Crippen molar-refractivity contribution in [2.24, 2.45) is 5.41 Å². The fraction of sp³-hybridized carbons (Fsp3) is 0.571. The van der Waals surface area contributed by atoms with Gasteiger partial charge in [0.25, 0.3) is 0 Å². The Hall–Kier alpha value is -0.910. The van der Waals surface area contributed by atoms with Gasteiger partial charge in [-0.25, -0.2) is 13.1 Å². The number of hydrogen-bond acceptors (Lipinski definition) is 3. The molecule has 1 aliphatic rings. The summed E-state index contributed by atoms with van der Waals surface area (Å²) >= 11 is 0. The average molecular weight is 283 g/mol. The maximum atomic E-state index is 12.2. The fourth-order valence-electron chi connectivity index (χ4n) is 2.05. The summed E-state index contributed by atoms with van der Waals surface area (Å²) in [7, 11) is -3.49. The number of rotatable bonds is 5. The van der Waals surface area contributed by atoms with E-state index in [0.29, 0.717) is 12.0 Å². The minimum atomic E-state index is -3.49. The molecule has 19 heavy (non-hydrogen) atoms. The van der Waals surface area contributed by atoms with Crippen molar-refractivity contribution >= 4 is 10.0 Å². The molecule has 0 heterocycles. The van der Waals surface area contributed by atoms with E-state index in [0.717, 1.165) is 6.42 Å². The molecule has 0 radical (unpaired) electrons. The summed E-state index contributed by atoms with van der Waals surface area (Å²) in [6.45, 7) is 5.94. The van der Waals surface area contributed by atoms with Crippen LogP contribution in [0.1, 0.15) is 45.3 Å². The van der Waals surface area contributed by atoms with E-state index >= 15 is 0 Å². The first-order valence-electron chi connectivity index (χ1n) is 6.56. The van der Waals surface area contributed by atoms with E-state index in [-0.39, 0.29) is 16.4 Å². The van der Waals surface area contributed by atoms with Gasteiger partial charge in [0.2, 0.25) is 10.0 Å². The maximum Gasteiger partial charge on any atom is 0.240 e. The Labute approximate surface area is 114 Å². The molecule has 5 heteroatoms. The van der Waals surface area contributed by atoms with Crippen LogP contribution >= 0.6 is 0 Å². The van der Waals surface area contributed by atoms with Crippen LogP contribution in [0.5, 0.6) is 0 Å². The lowest BCUT2D eigenvalue weighted by Gasteiger charge is -2.12. The van der Waals surface area contributed by atoms with Crippen LogP contribution in [0.2, 0.25) is 0 Å². The van der Waals surface area contributed by atoms with Gasteiger partial charge < -0.3 is 5.11 Å². The SMILES string of the molecule is CCC(O)c1cccc(S(=O)(=O)NC2CC2(C)C)c1. The van der Waals surface area contributed by atoms with Gasteiger partial charge in [-0.3, -0.25) is 0 Å². The first-order valence-corrected chi connectivity index (χ1v) is 8.05. The van der Waals surface area contributed by atoms with Crippen LogP contribution < -0.4 is 4.72 Å². The number of nitrogens with one attached hydrogen (secondary N) is 1. The summed E-state index contributed by atoms with van der Waals surface area (Å²) in [5.41, 5.74) is 0.689. The third kappa shape index (κ3) is 3.16. The van der Waals surface area contributed by atoms with E-state index in [4.69, 9.17) is 0 Å². The Balaban J connectivity index is 2.21. The van der Waals surface area contributed by atoms with Gasteiger partial charge in [0.15, 0.2) is 0 Å². The number of aliphatic hydroxyl groups excluding tert-OH is 1. The topological polar surface area (TPSA) is 66.4 Å². The Morgan fingerprint density at radius 1 is 1.47 bits per heavy atom. The van der Waals surface area contributed by atoms with Gasteiger partial charge >= 0.3 is 0 Å². The van der Waals surface area contributed by atoms with Crippen LogP contribution in [0.25, 0.3) is 0 Å². The number of hydrogen-bond donors (Lipinski definition) is 2. The van der Waals surface area contributed by atoms with Crippen molar-refractivity contribution in [2.75, 3.05) is 0 Å². The van der Waals surface area contributed by atoms with Gasteiger partial charge in [-0.1, -0.05) is 32.9 Å². The van der Waals surface area contributed by atoms with Gasteiger partial charge in [-0.15, -0.1) is 0 Å². The zero-order valence-electron chi connectivity index (χ0n) is 11.6. The standard InChI is InChI=1S/C14H21NO3S/c1-4-12(16)10-6-5-7-11(8-10)19(17,18)15-13-9-14(13,2)3/h5-8,12-13,15-16H,4,9H2,1-3H3. The first kappa shape index (κ1) is 14.5. The summed E-state index contributed by atoms with van der Waals surface area (Å²) in [5, 5.41) is 9.78. The molecule has 106 valence electrons. The van der Waals surface area contributed by atoms with Crippen molar-refractivity contribution in [1.82, 2.24) is 4.72 Å². The van der Waals surface area contributed by atoms with Crippen LogP contribution in [-0.4, -0.2) is 19.6 Å². The highest BCUT2D eigenvalue weighted by molar-refractivity contribution is 7.89. The van der Waals surface area contributed by atoms with E-state index in [1.54, 1.807) is 24.3 Å². The predicted octanol–water partition coefficient (Wildman–Crippen LogP) is 2.21. The summed E-state index contributed by atoms with van der Waals surface area (Å²) in [5.74, 6) is 0. The van der Waals surface area contributed by atoms with Gasteiger partial charge in [-0.05, 0) is 36.0 Å². The monoisotopic (exact) mass is 283 g/mol. The van der Waals surface area contributed by atoms with Crippen molar-refractivity contribution in [3.05, 3.63) is 29.8 Å². The van der Waals surface area contributed by atoms with Crippen molar-refractivity contribution in [1.29, 1.82) is 0 Å². The number of aliphatic hydroxyl groups is 1. The van der Waals surface area contributed by atoms with Crippen LogP contribution in [0.3, 0.4) is 0 Å². The molecule has 0 aliphatic heterocycles. The van der Waals surface area contributed by atoms with E-state index in [1.165, 1.54) is 0 Å². The van der Waals surface area contributed by atoms with E-state index in [2.05, 4.69) is 4.72 Å². The molecule has 0 bridgehead atoms. The largest absolute Gasteiger partial charge is 0.388 e. The molecule has 1 aromatic carbocycles. The first-order chi connectivity index (χ1) is 8.76. The van der Waals surface area contributed by atoms with Crippen LogP contribution in [0.15, 0.2) is 29.2 Å². The second-order valence-electron chi connectivity index (χ2n) is 5.86. The lowest BCUT2D eigenvalue weighted by Crippen LogP contribution is -2.28.